The van der Waals surface area contributed by atoms with Crippen molar-refractivity contribution in [3.8, 4) is 0 Å². The van der Waals surface area contributed by atoms with Crippen LogP contribution in [0.4, 0.5) is 4.79 Å². The summed E-state index contributed by atoms with van der Waals surface area (Å²) in [6, 6.07) is -0.0359. The molecule has 0 saturated heterocycles. The number of nitrogens with zero attached hydrogens (tertiary/aromatic N) is 2. The highest BCUT2D eigenvalue weighted by Gasteiger charge is 2.09. The number of hydrogen-bond acceptors (Lipinski definition) is 2. The van der Waals surface area contributed by atoms with Gasteiger partial charge in [0.2, 0.25) is 0 Å². The van der Waals surface area contributed by atoms with Crippen LogP contribution in [0.2, 0.25) is 0 Å². The van der Waals surface area contributed by atoms with Crippen molar-refractivity contribution in [2.24, 2.45) is 5.73 Å². The Hall–Kier alpha value is -0.840. The summed E-state index contributed by atoms with van der Waals surface area (Å²) in [5.74, 6) is 0. The summed E-state index contributed by atoms with van der Waals surface area (Å²) in [7, 11) is 5.14. The van der Waals surface area contributed by atoms with Crippen LogP contribution in [0.1, 0.15) is 6.42 Å². The second-order valence-corrected chi connectivity index (χ2v) is 3.34. The summed E-state index contributed by atoms with van der Waals surface area (Å²) >= 11 is 4.69. The second-order valence-electron chi connectivity index (χ2n) is 2.81. The van der Waals surface area contributed by atoms with Gasteiger partial charge in [-0.3, -0.25) is 0 Å². The number of amides is 2. The summed E-state index contributed by atoms with van der Waals surface area (Å²) in [6.07, 6.45) is 0.575. The molecule has 0 bridgehead atoms. The fraction of sp³-hybridized carbons (Fsp3) is 0.714. The molecular formula is C7H15N3OS. The largest absolute Gasteiger partial charge is 0.393 e. The topological polar surface area (TPSA) is 49.6 Å². The Kier molecular flexibility index (Phi) is 4.58. The van der Waals surface area contributed by atoms with Crippen LogP contribution in [0.15, 0.2) is 0 Å². The van der Waals surface area contributed by atoms with Gasteiger partial charge in [-0.05, 0) is 0 Å². The third-order valence-electron chi connectivity index (χ3n) is 1.40. The Balaban J connectivity index is 3.79. The van der Waals surface area contributed by atoms with Gasteiger partial charge in [-0.25, -0.2) is 4.79 Å². The minimum atomic E-state index is -0.0359. The van der Waals surface area contributed by atoms with Crippen LogP contribution in [-0.4, -0.2) is 48.5 Å². The predicted octanol–water partition coefficient (Wildman–Crippen LogP) is 0.276. The number of hydrogen-bond donors (Lipinski definition) is 1. The molecular weight excluding hydrogens is 174 g/mol. The number of nitrogens with two attached hydrogens (primary N) is 1. The lowest BCUT2D eigenvalue weighted by molar-refractivity contribution is 0.183. The Labute approximate surface area is 78.3 Å². The van der Waals surface area contributed by atoms with E-state index < -0.39 is 0 Å². The lowest BCUT2D eigenvalue weighted by atomic mass is 10.4. The molecule has 0 fully saturated rings. The number of urea groups is 1. The van der Waals surface area contributed by atoms with Crippen molar-refractivity contribution in [3.05, 3.63) is 0 Å². The zero-order chi connectivity index (χ0) is 9.72. The number of rotatable bonds is 3. The second kappa shape index (κ2) is 4.92. The van der Waals surface area contributed by atoms with E-state index in [1.165, 1.54) is 4.90 Å². The van der Waals surface area contributed by atoms with Crippen LogP contribution >= 0.6 is 12.2 Å². The highest BCUT2D eigenvalue weighted by molar-refractivity contribution is 7.80. The third kappa shape index (κ3) is 4.12. The highest BCUT2D eigenvalue weighted by atomic mass is 32.1. The SMILES string of the molecule is CN(C)C(=O)N(C)CCC(N)=S. The zero-order valence-corrected chi connectivity index (χ0v) is 8.52. The van der Waals surface area contributed by atoms with Gasteiger partial charge in [-0.1, -0.05) is 12.2 Å². The van der Waals surface area contributed by atoms with Crippen LogP contribution < -0.4 is 5.73 Å². The Morgan fingerprint density at radius 2 is 1.92 bits per heavy atom. The summed E-state index contributed by atoms with van der Waals surface area (Å²) in [5, 5.41) is 0. The molecule has 0 aromatic heterocycles. The molecule has 5 heteroatoms. The molecule has 2 N–H and O–H groups in total. The molecule has 0 radical (unpaired) electrons. The molecule has 0 unspecified atom stereocenters. The highest BCUT2D eigenvalue weighted by Crippen LogP contribution is 1.92. The maximum absolute atomic E-state index is 11.2. The molecule has 0 saturated carbocycles. The molecule has 2 amide bonds. The van der Waals surface area contributed by atoms with Crippen molar-refractivity contribution in [1.82, 2.24) is 9.80 Å². The summed E-state index contributed by atoms with van der Waals surface area (Å²) < 4.78 is 0. The van der Waals surface area contributed by atoms with Crippen LogP contribution in [0.5, 0.6) is 0 Å². The smallest absolute Gasteiger partial charge is 0.319 e. The maximum Gasteiger partial charge on any atom is 0.319 e. The fourth-order valence-electron chi connectivity index (χ4n) is 0.715. The first-order valence-corrected chi connectivity index (χ1v) is 4.06. The minimum Gasteiger partial charge on any atom is -0.393 e. The fourth-order valence-corrected chi connectivity index (χ4v) is 0.806. The van der Waals surface area contributed by atoms with Crippen molar-refractivity contribution >= 4 is 23.2 Å². The first kappa shape index (κ1) is 11.2. The Morgan fingerprint density at radius 1 is 1.42 bits per heavy atom. The van der Waals surface area contributed by atoms with Crippen molar-refractivity contribution in [2.45, 2.75) is 6.42 Å². The number of thiocarbonyl (C=S) groups is 1. The third-order valence-corrected chi connectivity index (χ3v) is 1.61. The van der Waals surface area contributed by atoms with Gasteiger partial charge in [0, 0.05) is 34.1 Å². The van der Waals surface area contributed by atoms with Crippen molar-refractivity contribution in [2.75, 3.05) is 27.7 Å². The van der Waals surface area contributed by atoms with E-state index in [1.54, 1.807) is 26.0 Å². The molecule has 0 rings (SSSR count). The lowest BCUT2D eigenvalue weighted by Crippen LogP contribution is -2.37. The van der Waals surface area contributed by atoms with Crippen molar-refractivity contribution in [3.63, 3.8) is 0 Å². The summed E-state index contributed by atoms with van der Waals surface area (Å²) in [6.45, 7) is 0.576. The van der Waals surface area contributed by atoms with E-state index >= 15 is 0 Å². The van der Waals surface area contributed by atoms with Crippen LogP contribution in [0, 0.1) is 0 Å². The molecule has 0 atom stereocenters. The van der Waals surface area contributed by atoms with Gasteiger partial charge < -0.3 is 15.5 Å². The standard InChI is InChI=1S/C7H15N3OS/c1-9(2)7(11)10(3)5-4-6(8)12/h4-5H2,1-3H3,(H2,8,12). The molecule has 0 aromatic carbocycles. The van der Waals surface area contributed by atoms with Gasteiger partial charge in [-0.15, -0.1) is 0 Å². The minimum absolute atomic E-state index is 0.0359. The van der Waals surface area contributed by atoms with Crippen molar-refractivity contribution in [1.29, 1.82) is 0 Å². The average Bonchev–Trinajstić information content (AvgIpc) is 1.98. The summed E-state index contributed by atoms with van der Waals surface area (Å²) in [5.41, 5.74) is 5.30. The van der Waals surface area contributed by atoms with Gasteiger partial charge in [-0.2, -0.15) is 0 Å². The molecule has 0 spiro atoms. The van der Waals surface area contributed by atoms with Crippen molar-refractivity contribution < 1.29 is 4.79 Å². The van der Waals surface area contributed by atoms with Crippen LogP contribution in [0.25, 0.3) is 0 Å². The van der Waals surface area contributed by atoms with E-state index in [9.17, 15) is 4.79 Å². The molecule has 0 aliphatic heterocycles. The molecule has 4 nitrogen and oxygen atoms in total. The summed E-state index contributed by atoms with van der Waals surface area (Å²) in [4.78, 5) is 14.8. The molecule has 0 aliphatic rings. The first-order chi connectivity index (χ1) is 5.45. The first-order valence-electron chi connectivity index (χ1n) is 3.66. The number of carbonyl (C=O) groups excluding carboxylic acids is 1. The van der Waals surface area contributed by atoms with E-state index in [-0.39, 0.29) is 6.03 Å². The zero-order valence-electron chi connectivity index (χ0n) is 7.70. The van der Waals surface area contributed by atoms with E-state index in [1.807, 2.05) is 0 Å². The van der Waals surface area contributed by atoms with E-state index in [0.717, 1.165) is 0 Å². The lowest BCUT2D eigenvalue weighted by Gasteiger charge is -2.21. The molecule has 0 heterocycles. The maximum atomic E-state index is 11.2. The quantitative estimate of drug-likeness (QED) is 0.649. The Morgan fingerprint density at radius 3 is 2.25 bits per heavy atom. The van der Waals surface area contributed by atoms with E-state index in [0.29, 0.717) is 18.0 Å². The van der Waals surface area contributed by atoms with Gasteiger partial charge in [0.1, 0.15) is 0 Å². The van der Waals surface area contributed by atoms with E-state index in [4.69, 9.17) is 18.0 Å². The van der Waals surface area contributed by atoms with E-state index in [2.05, 4.69) is 0 Å². The molecule has 70 valence electrons. The normalized spacial score (nSPS) is 9.25. The Bertz CT molecular complexity index is 181. The molecule has 0 aliphatic carbocycles. The van der Waals surface area contributed by atoms with Gasteiger partial charge >= 0.3 is 6.03 Å². The molecule has 12 heavy (non-hydrogen) atoms. The predicted molar refractivity (Wildman–Crippen MR) is 53.1 cm³/mol. The van der Waals surface area contributed by atoms with Gasteiger partial charge in [0.15, 0.2) is 0 Å². The van der Waals surface area contributed by atoms with Gasteiger partial charge in [0.25, 0.3) is 0 Å². The van der Waals surface area contributed by atoms with Gasteiger partial charge in [0.05, 0.1) is 4.99 Å². The number of carbonyl (C=O) groups is 1. The van der Waals surface area contributed by atoms with Crippen LogP contribution in [0.3, 0.4) is 0 Å². The molecule has 0 aromatic rings. The van der Waals surface area contributed by atoms with Crippen LogP contribution in [-0.2, 0) is 0 Å². The average molecular weight is 189 g/mol. The monoisotopic (exact) mass is 189 g/mol.